The lowest BCUT2D eigenvalue weighted by Gasteiger charge is -2.09. The van der Waals surface area contributed by atoms with Gasteiger partial charge >= 0.3 is 0 Å². The summed E-state index contributed by atoms with van der Waals surface area (Å²) in [7, 11) is -3.47. The maximum Gasteiger partial charge on any atom is 0.264 e. The van der Waals surface area contributed by atoms with Crippen LogP contribution < -0.4 is 10.3 Å². The summed E-state index contributed by atoms with van der Waals surface area (Å²) in [5.74, 6) is 0.701. The van der Waals surface area contributed by atoms with Gasteiger partial charge < -0.3 is 9.72 Å². The van der Waals surface area contributed by atoms with Gasteiger partial charge in [-0.15, -0.1) is 0 Å². The molecule has 1 aromatic heterocycles. The van der Waals surface area contributed by atoms with Crippen LogP contribution in [0, 0.1) is 0 Å². The third kappa shape index (κ3) is 2.54. The van der Waals surface area contributed by atoms with Crippen molar-refractivity contribution in [1.82, 2.24) is 4.98 Å². The summed E-state index contributed by atoms with van der Waals surface area (Å²) >= 11 is 0. The largest absolute Gasteiger partial charge is 0.487 e. The summed E-state index contributed by atoms with van der Waals surface area (Å²) in [6, 6.07) is 6.75. The Morgan fingerprint density at radius 2 is 2.15 bits per heavy atom. The summed E-state index contributed by atoms with van der Waals surface area (Å²) in [6.07, 6.45) is 1.22. The van der Waals surface area contributed by atoms with Crippen molar-refractivity contribution in [3.05, 3.63) is 40.2 Å². The van der Waals surface area contributed by atoms with Crippen molar-refractivity contribution in [2.45, 2.75) is 12.5 Å². The number of hydrogen-bond donors (Lipinski definition) is 1. The molecule has 1 aliphatic rings. The van der Waals surface area contributed by atoms with E-state index in [4.69, 9.17) is 8.92 Å². The van der Waals surface area contributed by atoms with Gasteiger partial charge in [-0.1, -0.05) is 0 Å². The monoisotopic (exact) mass is 295 g/mol. The van der Waals surface area contributed by atoms with E-state index in [2.05, 4.69) is 4.98 Å². The molecule has 6 nitrogen and oxygen atoms in total. The Bertz CT molecular complexity index is 824. The fraction of sp³-hybridized carbons (Fsp3) is 0.308. The number of ether oxygens (including phenoxy) is 1. The molecule has 106 valence electrons. The fourth-order valence-electron chi connectivity index (χ4n) is 2.34. The summed E-state index contributed by atoms with van der Waals surface area (Å²) < 4.78 is 32.4. The molecular formula is C13H13NO5S. The van der Waals surface area contributed by atoms with Crippen molar-refractivity contribution in [1.29, 1.82) is 0 Å². The Kier molecular flexibility index (Phi) is 3.02. The van der Waals surface area contributed by atoms with Crippen LogP contribution in [0.1, 0.15) is 5.56 Å². The van der Waals surface area contributed by atoms with E-state index in [1.54, 1.807) is 18.2 Å². The van der Waals surface area contributed by atoms with Crippen LogP contribution in [0.15, 0.2) is 29.1 Å². The van der Waals surface area contributed by atoms with Gasteiger partial charge in [0.05, 0.1) is 6.26 Å². The molecule has 1 N–H and O–H groups in total. The number of rotatable bonds is 3. The summed E-state index contributed by atoms with van der Waals surface area (Å²) in [4.78, 5) is 14.0. The highest BCUT2D eigenvalue weighted by Crippen LogP contribution is 2.34. The first-order valence-electron chi connectivity index (χ1n) is 6.08. The van der Waals surface area contributed by atoms with Gasteiger partial charge in [-0.3, -0.25) is 8.98 Å². The standard InChI is InChI=1S/C13H13NO5S/c1-20(16,17)18-7-8-6-10-9-2-5-13(15)14-11(9)3-4-12(10)19-8/h2-5,8H,6-7H2,1H3,(H,14,15). The topological polar surface area (TPSA) is 85.5 Å². The molecular weight excluding hydrogens is 282 g/mol. The van der Waals surface area contributed by atoms with Crippen molar-refractivity contribution >= 4 is 21.0 Å². The number of hydrogen-bond acceptors (Lipinski definition) is 5. The Morgan fingerprint density at radius 1 is 1.35 bits per heavy atom. The van der Waals surface area contributed by atoms with Crippen molar-refractivity contribution in [2.75, 3.05) is 12.9 Å². The van der Waals surface area contributed by atoms with Gasteiger partial charge in [-0.05, 0) is 18.2 Å². The molecule has 0 aliphatic carbocycles. The highest BCUT2D eigenvalue weighted by atomic mass is 32.2. The summed E-state index contributed by atoms with van der Waals surface area (Å²) in [5.41, 5.74) is 1.54. The summed E-state index contributed by atoms with van der Waals surface area (Å²) in [5, 5.41) is 0.906. The van der Waals surface area contributed by atoms with E-state index >= 15 is 0 Å². The molecule has 0 bridgehead atoms. The van der Waals surface area contributed by atoms with Crippen LogP contribution >= 0.6 is 0 Å². The molecule has 3 rings (SSSR count). The number of nitrogens with one attached hydrogen (secondary N) is 1. The van der Waals surface area contributed by atoms with E-state index in [1.165, 1.54) is 6.07 Å². The number of pyridine rings is 1. The zero-order valence-electron chi connectivity index (χ0n) is 10.8. The van der Waals surface area contributed by atoms with Crippen molar-refractivity contribution in [3.8, 4) is 5.75 Å². The van der Waals surface area contributed by atoms with E-state index in [0.29, 0.717) is 12.2 Å². The fourth-order valence-corrected chi connectivity index (χ4v) is 2.74. The highest BCUT2D eigenvalue weighted by molar-refractivity contribution is 7.85. The van der Waals surface area contributed by atoms with Crippen molar-refractivity contribution in [2.24, 2.45) is 0 Å². The van der Waals surface area contributed by atoms with Gasteiger partial charge in [0, 0.05) is 29.0 Å². The lowest BCUT2D eigenvalue weighted by molar-refractivity contribution is 0.153. The first-order chi connectivity index (χ1) is 9.42. The predicted molar refractivity (Wildman–Crippen MR) is 73.5 cm³/mol. The smallest absolute Gasteiger partial charge is 0.264 e. The second kappa shape index (κ2) is 4.60. The Morgan fingerprint density at radius 3 is 2.90 bits per heavy atom. The lowest BCUT2D eigenvalue weighted by Crippen LogP contribution is -2.22. The summed E-state index contributed by atoms with van der Waals surface area (Å²) in [6.45, 7) is -0.0155. The number of aromatic amines is 1. The second-order valence-corrected chi connectivity index (χ2v) is 6.40. The molecule has 20 heavy (non-hydrogen) atoms. The first kappa shape index (κ1) is 13.1. The van der Waals surface area contributed by atoms with Crippen LogP contribution in [0.2, 0.25) is 0 Å². The van der Waals surface area contributed by atoms with Gasteiger partial charge in [-0.2, -0.15) is 8.42 Å². The molecule has 0 fully saturated rings. The van der Waals surface area contributed by atoms with Crippen LogP contribution in [-0.2, 0) is 20.7 Å². The van der Waals surface area contributed by atoms with E-state index in [1.807, 2.05) is 0 Å². The molecule has 7 heteroatoms. The third-order valence-corrected chi connectivity index (χ3v) is 3.73. The molecule has 0 amide bonds. The molecule has 0 saturated carbocycles. The molecule has 0 saturated heterocycles. The normalized spacial score (nSPS) is 17.9. The molecule has 0 spiro atoms. The zero-order chi connectivity index (χ0) is 14.3. The molecule has 1 aromatic carbocycles. The number of H-pyrrole nitrogens is 1. The quantitative estimate of drug-likeness (QED) is 0.847. The third-order valence-electron chi connectivity index (χ3n) is 3.17. The lowest BCUT2D eigenvalue weighted by atomic mass is 10.0. The molecule has 0 radical (unpaired) electrons. The van der Waals surface area contributed by atoms with E-state index in [9.17, 15) is 13.2 Å². The molecule has 2 aromatic rings. The minimum atomic E-state index is -3.47. The molecule has 2 heterocycles. The molecule has 1 atom stereocenters. The van der Waals surface area contributed by atoms with Crippen LogP contribution in [0.4, 0.5) is 0 Å². The second-order valence-electron chi connectivity index (χ2n) is 4.76. The Hall–Kier alpha value is -1.86. The van der Waals surface area contributed by atoms with Gasteiger partial charge in [-0.25, -0.2) is 0 Å². The Labute approximate surface area is 115 Å². The number of fused-ring (bicyclic) bond motifs is 3. The number of benzene rings is 1. The predicted octanol–water partition coefficient (Wildman–Crippen LogP) is 0.808. The Balaban J connectivity index is 1.90. The van der Waals surface area contributed by atoms with E-state index in [-0.39, 0.29) is 18.3 Å². The maximum absolute atomic E-state index is 11.3. The van der Waals surface area contributed by atoms with Crippen LogP contribution in [0.5, 0.6) is 5.75 Å². The van der Waals surface area contributed by atoms with Gasteiger partial charge in [0.2, 0.25) is 5.56 Å². The van der Waals surface area contributed by atoms with E-state index in [0.717, 1.165) is 22.7 Å². The molecule has 1 aliphatic heterocycles. The first-order valence-corrected chi connectivity index (χ1v) is 7.90. The maximum atomic E-state index is 11.3. The van der Waals surface area contributed by atoms with Crippen LogP contribution in [-0.4, -0.2) is 32.4 Å². The average molecular weight is 295 g/mol. The van der Waals surface area contributed by atoms with Crippen LogP contribution in [0.25, 0.3) is 10.9 Å². The van der Waals surface area contributed by atoms with Crippen molar-refractivity contribution < 1.29 is 17.3 Å². The minimum absolute atomic E-state index is 0.0155. The van der Waals surface area contributed by atoms with Crippen LogP contribution in [0.3, 0.4) is 0 Å². The van der Waals surface area contributed by atoms with Crippen molar-refractivity contribution in [3.63, 3.8) is 0 Å². The van der Waals surface area contributed by atoms with E-state index < -0.39 is 10.1 Å². The van der Waals surface area contributed by atoms with Gasteiger partial charge in [0.15, 0.2) is 0 Å². The number of aromatic nitrogens is 1. The minimum Gasteiger partial charge on any atom is -0.487 e. The highest BCUT2D eigenvalue weighted by Gasteiger charge is 2.26. The molecule has 1 unspecified atom stereocenters. The van der Waals surface area contributed by atoms with Gasteiger partial charge in [0.1, 0.15) is 18.5 Å². The average Bonchev–Trinajstić information content (AvgIpc) is 2.78. The zero-order valence-corrected chi connectivity index (χ0v) is 11.6. The van der Waals surface area contributed by atoms with Gasteiger partial charge in [0.25, 0.3) is 10.1 Å². The SMILES string of the molecule is CS(=O)(=O)OCC1Cc2c(ccc3[nH]c(=O)ccc23)O1.